The summed E-state index contributed by atoms with van der Waals surface area (Å²) in [6.45, 7) is 4.35. The van der Waals surface area contributed by atoms with Crippen molar-refractivity contribution in [2.24, 2.45) is 5.73 Å². The van der Waals surface area contributed by atoms with E-state index < -0.39 is 6.04 Å². The number of carbonyl (C=O) groups is 1. The number of rotatable bonds is 4. The van der Waals surface area contributed by atoms with Crippen LogP contribution in [0.25, 0.3) is 0 Å². The van der Waals surface area contributed by atoms with Gasteiger partial charge in [0.25, 0.3) is 0 Å². The van der Waals surface area contributed by atoms with Crippen LogP contribution in [0.1, 0.15) is 19.7 Å². The molecule has 2 N–H and O–H groups in total. The second-order valence-corrected chi connectivity index (χ2v) is 2.92. The largest absolute Gasteiger partial charge is 0.322 e. The normalized spacial score (nSPS) is 12.8. The molecule has 1 atom stereocenters. The molecule has 0 aliphatic rings. The number of aryl methyl sites for hydroxylation is 1. The van der Waals surface area contributed by atoms with Gasteiger partial charge in [-0.3, -0.25) is 4.79 Å². The van der Waals surface area contributed by atoms with Gasteiger partial charge in [-0.05, 0) is 13.8 Å². The van der Waals surface area contributed by atoms with Gasteiger partial charge in [0.2, 0.25) is 0 Å². The molecule has 1 unspecified atom stereocenters. The van der Waals surface area contributed by atoms with Crippen LogP contribution in [0, 0.1) is 0 Å². The molecule has 0 fully saturated rings. The first-order chi connectivity index (χ1) is 6.15. The lowest BCUT2D eigenvalue weighted by Gasteiger charge is -2.04. The second-order valence-electron chi connectivity index (χ2n) is 2.92. The highest BCUT2D eigenvalue weighted by Gasteiger charge is 2.12. The predicted molar refractivity (Wildman–Crippen MR) is 48.1 cm³/mol. The Labute approximate surface area is 76.9 Å². The van der Waals surface area contributed by atoms with E-state index in [0.717, 1.165) is 6.54 Å². The summed E-state index contributed by atoms with van der Waals surface area (Å²) in [7, 11) is 0. The summed E-state index contributed by atoms with van der Waals surface area (Å²) in [5.41, 5.74) is 5.44. The molecule has 0 saturated heterocycles. The highest BCUT2D eigenvalue weighted by atomic mass is 16.1. The van der Waals surface area contributed by atoms with Gasteiger partial charge in [-0.15, -0.1) is 0 Å². The molecule has 72 valence electrons. The van der Waals surface area contributed by atoms with Crippen LogP contribution in [0.2, 0.25) is 0 Å². The molecule has 0 aliphatic carbocycles. The average Bonchev–Trinajstić information content (AvgIpc) is 2.51. The van der Waals surface area contributed by atoms with Gasteiger partial charge in [-0.2, -0.15) is 5.10 Å². The molecule has 1 aromatic heterocycles. The van der Waals surface area contributed by atoms with Gasteiger partial charge >= 0.3 is 0 Å². The molecule has 5 heteroatoms. The molecule has 13 heavy (non-hydrogen) atoms. The summed E-state index contributed by atoms with van der Waals surface area (Å²) in [4.78, 5) is 15.3. The van der Waals surface area contributed by atoms with E-state index in [2.05, 4.69) is 10.1 Å². The van der Waals surface area contributed by atoms with E-state index in [-0.39, 0.29) is 12.2 Å². The first-order valence-electron chi connectivity index (χ1n) is 4.30. The van der Waals surface area contributed by atoms with Crippen LogP contribution in [-0.2, 0) is 17.8 Å². The number of hydrogen-bond donors (Lipinski definition) is 1. The Hall–Kier alpha value is -1.23. The van der Waals surface area contributed by atoms with Crippen molar-refractivity contribution in [1.29, 1.82) is 0 Å². The Morgan fingerprint density at radius 2 is 2.46 bits per heavy atom. The molecule has 0 aliphatic heterocycles. The number of nitrogens with zero attached hydrogens (tertiary/aromatic N) is 3. The number of ketones is 1. The number of hydrogen-bond acceptors (Lipinski definition) is 4. The maximum Gasteiger partial charge on any atom is 0.156 e. The molecular weight excluding hydrogens is 168 g/mol. The van der Waals surface area contributed by atoms with Gasteiger partial charge in [0, 0.05) is 6.54 Å². The van der Waals surface area contributed by atoms with Crippen molar-refractivity contribution in [2.75, 3.05) is 0 Å². The van der Waals surface area contributed by atoms with Crippen LogP contribution in [-0.4, -0.2) is 26.6 Å². The van der Waals surface area contributed by atoms with Crippen molar-refractivity contribution in [2.45, 2.75) is 32.9 Å². The van der Waals surface area contributed by atoms with Crippen LogP contribution >= 0.6 is 0 Å². The number of aromatic nitrogens is 3. The Bertz CT molecular complexity index is 292. The molecule has 1 heterocycles. The lowest BCUT2D eigenvalue weighted by atomic mass is 10.1. The maximum atomic E-state index is 11.3. The SMILES string of the molecule is CCn1ncnc1CC(=O)C(C)N. The van der Waals surface area contributed by atoms with Gasteiger partial charge in [-0.1, -0.05) is 0 Å². The van der Waals surface area contributed by atoms with Crippen LogP contribution < -0.4 is 5.73 Å². The molecule has 0 radical (unpaired) electrons. The zero-order chi connectivity index (χ0) is 9.84. The third-order valence-electron chi connectivity index (χ3n) is 1.84. The van der Waals surface area contributed by atoms with Gasteiger partial charge < -0.3 is 5.73 Å². The van der Waals surface area contributed by atoms with E-state index in [0.29, 0.717) is 5.82 Å². The number of nitrogens with two attached hydrogens (primary N) is 1. The van der Waals surface area contributed by atoms with Crippen LogP contribution in [0.15, 0.2) is 6.33 Å². The van der Waals surface area contributed by atoms with Crippen LogP contribution in [0.4, 0.5) is 0 Å². The Kier molecular flexibility index (Phi) is 3.13. The van der Waals surface area contributed by atoms with E-state index >= 15 is 0 Å². The molecule has 0 amide bonds. The fourth-order valence-corrected chi connectivity index (χ4v) is 1.01. The zero-order valence-electron chi connectivity index (χ0n) is 7.90. The molecule has 0 spiro atoms. The van der Waals surface area contributed by atoms with E-state index in [1.807, 2.05) is 6.92 Å². The number of carbonyl (C=O) groups excluding carboxylic acids is 1. The fraction of sp³-hybridized carbons (Fsp3) is 0.625. The van der Waals surface area contributed by atoms with Crippen LogP contribution in [0.5, 0.6) is 0 Å². The molecule has 0 aromatic carbocycles. The van der Waals surface area contributed by atoms with E-state index in [1.165, 1.54) is 6.33 Å². The van der Waals surface area contributed by atoms with E-state index in [9.17, 15) is 4.79 Å². The average molecular weight is 182 g/mol. The van der Waals surface area contributed by atoms with Crippen molar-refractivity contribution in [3.05, 3.63) is 12.2 Å². The summed E-state index contributed by atoms with van der Waals surface area (Å²) >= 11 is 0. The zero-order valence-corrected chi connectivity index (χ0v) is 7.90. The minimum atomic E-state index is -0.429. The lowest BCUT2D eigenvalue weighted by molar-refractivity contribution is -0.119. The van der Waals surface area contributed by atoms with Gasteiger partial charge in [0.15, 0.2) is 5.78 Å². The van der Waals surface area contributed by atoms with Crippen molar-refractivity contribution in [3.63, 3.8) is 0 Å². The molecule has 5 nitrogen and oxygen atoms in total. The van der Waals surface area contributed by atoms with Crippen molar-refractivity contribution in [3.8, 4) is 0 Å². The molecule has 0 bridgehead atoms. The molecule has 0 saturated carbocycles. The first kappa shape index (κ1) is 9.85. The minimum Gasteiger partial charge on any atom is -0.322 e. The van der Waals surface area contributed by atoms with E-state index in [1.54, 1.807) is 11.6 Å². The Balaban J connectivity index is 2.68. The summed E-state index contributed by atoms with van der Waals surface area (Å²) in [5.74, 6) is 0.674. The van der Waals surface area contributed by atoms with Crippen molar-refractivity contribution >= 4 is 5.78 Å². The highest BCUT2D eigenvalue weighted by molar-refractivity contribution is 5.84. The maximum absolute atomic E-state index is 11.3. The molecular formula is C8H14N4O. The Morgan fingerprint density at radius 1 is 1.77 bits per heavy atom. The Morgan fingerprint density at radius 3 is 3.00 bits per heavy atom. The predicted octanol–water partition coefficient (Wildman–Crippen LogP) is -0.243. The monoisotopic (exact) mass is 182 g/mol. The summed E-state index contributed by atoms with van der Waals surface area (Å²) in [6.07, 6.45) is 1.72. The smallest absolute Gasteiger partial charge is 0.156 e. The van der Waals surface area contributed by atoms with E-state index in [4.69, 9.17) is 5.73 Å². The standard InChI is InChI=1S/C8H14N4O/c1-3-12-8(10-5-11-12)4-7(13)6(2)9/h5-6H,3-4,9H2,1-2H3. The van der Waals surface area contributed by atoms with Gasteiger partial charge in [0.05, 0.1) is 12.5 Å². The van der Waals surface area contributed by atoms with Crippen molar-refractivity contribution < 1.29 is 4.79 Å². The molecule has 1 rings (SSSR count). The minimum absolute atomic E-state index is 0.0114. The van der Waals surface area contributed by atoms with Crippen molar-refractivity contribution in [1.82, 2.24) is 14.8 Å². The summed E-state index contributed by atoms with van der Waals surface area (Å²) < 4.78 is 1.69. The first-order valence-corrected chi connectivity index (χ1v) is 4.30. The van der Waals surface area contributed by atoms with Gasteiger partial charge in [-0.25, -0.2) is 9.67 Å². The lowest BCUT2D eigenvalue weighted by Crippen LogP contribution is -2.29. The fourth-order valence-electron chi connectivity index (χ4n) is 1.01. The number of Topliss-reactive ketones (excluding diaryl/α,β-unsaturated/α-hetero) is 1. The van der Waals surface area contributed by atoms with Crippen LogP contribution in [0.3, 0.4) is 0 Å². The topological polar surface area (TPSA) is 73.8 Å². The molecule has 1 aromatic rings. The quantitative estimate of drug-likeness (QED) is 0.697. The third-order valence-corrected chi connectivity index (χ3v) is 1.84. The second kappa shape index (κ2) is 4.13. The third kappa shape index (κ3) is 2.35. The van der Waals surface area contributed by atoms with Gasteiger partial charge in [0.1, 0.15) is 12.2 Å². The summed E-state index contributed by atoms with van der Waals surface area (Å²) in [6, 6.07) is -0.429. The summed E-state index contributed by atoms with van der Waals surface area (Å²) in [5, 5.41) is 3.96. The highest BCUT2D eigenvalue weighted by Crippen LogP contribution is 1.97.